The van der Waals surface area contributed by atoms with Crippen LogP contribution in [0, 0.1) is 5.92 Å². The molecule has 2 aromatic rings. The first-order valence-electron chi connectivity index (χ1n) is 9.26. The average molecular weight is 401 g/mol. The Hall–Kier alpha value is -3.06. The average Bonchev–Trinajstić information content (AvgIpc) is 3.15. The molecule has 5 nitrogen and oxygen atoms in total. The van der Waals surface area contributed by atoms with Crippen LogP contribution in [0.1, 0.15) is 24.1 Å². The van der Waals surface area contributed by atoms with Crippen molar-refractivity contribution in [3.05, 3.63) is 83.4 Å². The summed E-state index contributed by atoms with van der Waals surface area (Å²) in [6.45, 7) is 1.57. The summed E-state index contributed by atoms with van der Waals surface area (Å²) in [7, 11) is 0. The van der Waals surface area contributed by atoms with Gasteiger partial charge in [-0.25, -0.2) is 4.79 Å². The van der Waals surface area contributed by atoms with E-state index in [0.717, 1.165) is 5.56 Å². The standard InChI is InChI=1S/C22H21F2NO4/c1-2-28-22(27)19-16(20(23)24)17(18(25-19)15-11-7-4-8-12-15)21(26)29-13-14-9-5-3-6-10-14/h3-12,17-19,25H,2,13H2,1H3/t17-,18-,19-/m0/s1. The van der Waals surface area contributed by atoms with Gasteiger partial charge in [-0.1, -0.05) is 60.7 Å². The summed E-state index contributed by atoms with van der Waals surface area (Å²) in [6.07, 6.45) is -2.09. The number of halogens is 2. The van der Waals surface area contributed by atoms with Crippen molar-refractivity contribution in [3.8, 4) is 0 Å². The van der Waals surface area contributed by atoms with Crippen LogP contribution >= 0.6 is 0 Å². The molecule has 1 saturated heterocycles. The summed E-state index contributed by atoms with van der Waals surface area (Å²) < 4.78 is 38.0. The second-order valence-electron chi connectivity index (χ2n) is 6.53. The van der Waals surface area contributed by atoms with E-state index in [1.165, 1.54) is 0 Å². The summed E-state index contributed by atoms with van der Waals surface area (Å²) in [6, 6.07) is 15.3. The van der Waals surface area contributed by atoms with E-state index in [4.69, 9.17) is 9.47 Å². The predicted molar refractivity (Wildman–Crippen MR) is 102 cm³/mol. The fourth-order valence-electron chi connectivity index (χ4n) is 3.40. The maximum Gasteiger partial charge on any atom is 0.327 e. The number of rotatable bonds is 6. The lowest BCUT2D eigenvalue weighted by Crippen LogP contribution is -2.35. The van der Waals surface area contributed by atoms with Crippen LogP contribution in [0.5, 0.6) is 0 Å². The second-order valence-corrected chi connectivity index (χ2v) is 6.53. The molecular weight excluding hydrogens is 380 g/mol. The van der Waals surface area contributed by atoms with Gasteiger partial charge in [-0.3, -0.25) is 10.1 Å². The molecule has 1 N–H and O–H groups in total. The number of esters is 2. The minimum absolute atomic E-state index is 0.0390. The fourth-order valence-corrected chi connectivity index (χ4v) is 3.40. The summed E-state index contributed by atoms with van der Waals surface area (Å²) >= 11 is 0. The van der Waals surface area contributed by atoms with E-state index in [9.17, 15) is 18.4 Å². The van der Waals surface area contributed by atoms with Gasteiger partial charge in [0.1, 0.15) is 18.6 Å². The molecule has 7 heteroatoms. The SMILES string of the molecule is CCOC(=O)[C@H]1N[C@@H](c2ccccc2)[C@@H](C(=O)OCc2ccccc2)C1=C(F)F. The molecule has 29 heavy (non-hydrogen) atoms. The Kier molecular flexibility index (Phi) is 6.72. The Labute approximate surface area is 167 Å². The Bertz CT molecular complexity index is 882. The van der Waals surface area contributed by atoms with Crippen molar-refractivity contribution in [1.82, 2.24) is 5.32 Å². The van der Waals surface area contributed by atoms with Crippen LogP contribution in [0.15, 0.2) is 72.3 Å². The monoisotopic (exact) mass is 401 g/mol. The van der Waals surface area contributed by atoms with E-state index in [1.54, 1.807) is 61.5 Å². The number of benzene rings is 2. The van der Waals surface area contributed by atoms with Gasteiger partial charge in [-0.15, -0.1) is 0 Å². The number of ether oxygens (including phenoxy) is 2. The molecule has 1 fully saturated rings. The van der Waals surface area contributed by atoms with E-state index < -0.39 is 41.6 Å². The van der Waals surface area contributed by atoms with Gasteiger partial charge >= 0.3 is 11.9 Å². The van der Waals surface area contributed by atoms with Crippen LogP contribution in [0.4, 0.5) is 8.78 Å². The van der Waals surface area contributed by atoms with Gasteiger partial charge in [-0.05, 0) is 18.1 Å². The lowest BCUT2D eigenvalue weighted by Gasteiger charge is -2.19. The molecule has 0 aromatic heterocycles. The predicted octanol–water partition coefficient (Wildman–Crippen LogP) is 3.77. The van der Waals surface area contributed by atoms with Crippen molar-refractivity contribution in [1.29, 1.82) is 0 Å². The van der Waals surface area contributed by atoms with Crippen LogP contribution in [0.25, 0.3) is 0 Å². The molecule has 1 aliphatic rings. The first-order chi connectivity index (χ1) is 14.0. The molecule has 0 amide bonds. The van der Waals surface area contributed by atoms with Gasteiger partial charge in [0, 0.05) is 5.57 Å². The molecule has 3 rings (SSSR count). The Balaban J connectivity index is 1.92. The number of carbonyl (C=O) groups excluding carboxylic acids is 2. The topological polar surface area (TPSA) is 64.6 Å². The highest BCUT2D eigenvalue weighted by Gasteiger charge is 2.50. The largest absolute Gasteiger partial charge is 0.465 e. The lowest BCUT2D eigenvalue weighted by molar-refractivity contribution is -0.149. The fraction of sp³-hybridized carbons (Fsp3) is 0.273. The summed E-state index contributed by atoms with van der Waals surface area (Å²) in [5.41, 5.74) is 0.728. The molecule has 0 bridgehead atoms. The van der Waals surface area contributed by atoms with Crippen LogP contribution in [-0.2, 0) is 25.7 Å². The smallest absolute Gasteiger partial charge is 0.327 e. The molecular formula is C22H21F2NO4. The van der Waals surface area contributed by atoms with Crippen molar-refractivity contribution >= 4 is 11.9 Å². The second kappa shape index (κ2) is 9.43. The highest BCUT2D eigenvalue weighted by Crippen LogP contribution is 2.40. The van der Waals surface area contributed by atoms with Gasteiger partial charge in [0.2, 0.25) is 0 Å². The normalized spacial score (nSPS) is 20.9. The summed E-state index contributed by atoms with van der Waals surface area (Å²) in [4.78, 5) is 25.1. The van der Waals surface area contributed by atoms with E-state index in [2.05, 4.69) is 5.32 Å². The third kappa shape index (κ3) is 4.68. The van der Waals surface area contributed by atoms with Crippen molar-refractivity contribution in [2.45, 2.75) is 25.6 Å². The summed E-state index contributed by atoms with van der Waals surface area (Å²) in [5, 5.41) is 2.84. The Morgan fingerprint density at radius 2 is 1.55 bits per heavy atom. The zero-order valence-corrected chi connectivity index (χ0v) is 15.8. The van der Waals surface area contributed by atoms with E-state index in [1.807, 2.05) is 6.07 Å². The molecule has 0 radical (unpaired) electrons. The molecule has 1 aliphatic heterocycles. The summed E-state index contributed by atoms with van der Waals surface area (Å²) in [5.74, 6) is -3.03. The van der Waals surface area contributed by atoms with Crippen molar-refractivity contribution in [2.75, 3.05) is 6.61 Å². The molecule has 0 saturated carbocycles. The van der Waals surface area contributed by atoms with Crippen molar-refractivity contribution in [2.24, 2.45) is 5.92 Å². The van der Waals surface area contributed by atoms with Gasteiger partial charge in [0.05, 0.1) is 12.6 Å². The van der Waals surface area contributed by atoms with Crippen LogP contribution < -0.4 is 5.32 Å². The molecule has 0 spiro atoms. The molecule has 0 unspecified atom stereocenters. The lowest BCUT2D eigenvalue weighted by atomic mass is 9.90. The maximum absolute atomic E-state index is 13.9. The number of nitrogens with one attached hydrogen (secondary N) is 1. The van der Waals surface area contributed by atoms with Gasteiger partial charge < -0.3 is 9.47 Å². The van der Waals surface area contributed by atoms with Crippen LogP contribution in [-0.4, -0.2) is 24.6 Å². The van der Waals surface area contributed by atoms with Gasteiger partial charge in [0.15, 0.2) is 0 Å². The highest BCUT2D eigenvalue weighted by atomic mass is 19.3. The molecule has 3 atom stereocenters. The zero-order chi connectivity index (χ0) is 20.8. The first-order valence-corrected chi connectivity index (χ1v) is 9.26. The minimum atomic E-state index is -2.09. The van der Waals surface area contributed by atoms with Crippen LogP contribution in [0.3, 0.4) is 0 Å². The zero-order valence-electron chi connectivity index (χ0n) is 15.8. The molecule has 152 valence electrons. The quantitative estimate of drug-likeness (QED) is 0.747. The third-order valence-corrected chi connectivity index (χ3v) is 4.70. The Morgan fingerprint density at radius 3 is 2.14 bits per heavy atom. The van der Waals surface area contributed by atoms with Gasteiger partial charge in [0.25, 0.3) is 6.08 Å². The Morgan fingerprint density at radius 1 is 0.931 bits per heavy atom. The number of hydrogen-bond donors (Lipinski definition) is 1. The maximum atomic E-state index is 13.9. The third-order valence-electron chi connectivity index (χ3n) is 4.70. The van der Waals surface area contributed by atoms with E-state index >= 15 is 0 Å². The molecule has 2 aromatic carbocycles. The van der Waals surface area contributed by atoms with Crippen LogP contribution in [0.2, 0.25) is 0 Å². The van der Waals surface area contributed by atoms with E-state index in [-0.39, 0.29) is 13.2 Å². The van der Waals surface area contributed by atoms with E-state index in [0.29, 0.717) is 5.56 Å². The minimum Gasteiger partial charge on any atom is -0.465 e. The first kappa shape index (κ1) is 20.7. The van der Waals surface area contributed by atoms with Crippen molar-refractivity contribution < 1.29 is 27.8 Å². The number of hydrogen-bond acceptors (Lipinski definition) is 5. The highest BCUT2D eigenvalue weighted by molar-refractivity contribution is 5.87. The molecule has 1 heterocycles. The van der Waals surface area contributed by atoms with Crippen molar-refractivity contribution in [3.63, 3.8) is 0 Å². The molecule has 0 aliphatic carbocycles. The van der Waals surface area contributed by atoms with Gasteiger partial charge in [-0.2, -0.15) is 8.78 Å². The number of carbonyl (C=O) groups is 2.